The topological polar surface area (TPSA) is 59.2 Å². The van der Waals surface area contributed by atoms with Crippen LogP contribution >= 0.6 is 11.3 Å². The molecule has 0 N–H and O–H groups in total. The van der Waals surface area contributed by atoms with Gasteiger partial charge in [-0.1, -0.05) is 17.3 Å². The summed E-state index contributed by atoms with van der Waals surface area (Å²) in [6.45, 7) is 5.12. The zero-order valence-corrected chi connectivity index (χ0v) is 14.6. The molecule has 24 heavy (non-hydrogen) atoms. The predicted octanol–water partition coefficient (Wildman–Crippen LogP) is 3.92. The lowest BCUT2D eigenvalue weighted by atomic mass is 9.97. The average molecular weight is 341 g/mol. The third kappa shape index (κ3) is 2.60. The Morgan fingerprint density at radius 1 is 1.25 bits per heavy atom. The van der Waals surface area contributed by atoms with Crippen LogP contribution in [0.3, 0.4) is 0 Å². The number of nitrogens with zero attached hydrogens (tertiary/aromatic N) is 3. The standard InChI is InChI=1S/C18H19N3O2S/c1-11-16(12(2)23-20-11)18(22)21-9-7-13(8-10-21)17-19-14-5-3-4-6-15(14)24-17/h3-6,13H,7-10H2,1-2H3. The summed E-state index contributed by atoms with van der Waals surface area (Å²) in [5.41, 5.74) is 2.37. The third-order valence-electron chi connectivity index (χ3n) is 4.69. The molecule has 0 aliphatic carbocycles. The largest absolute Gasteiger partial charge is 0.361 e. The van der Waals surface area contributed by atoms with Crippen LogP contribution in [0.1, 0.15) is 45.6 Å². The van der Waals surface area contributed by atoms with Gasteiger partial charge in [0.15, 0.2) is 0 Å². The van der Waals surface area contributed by atoms with Crippen LogP contribution in [-0.4, -0.2) is 34.0 Å². The van der Waals surface area contributed by atoms with E-state index in [-0.39, 0.29) is 5.91 Å². The lowest BCUT2D eigenvalue weighted by Gasteiger charge is -2.31. The number of aromatic nitrogens is 2. The molecule has 1 aliphatic heterocycles. The molecule has 1 aromatic carbocycles. The van der Waals surface area contributed by atoms with Crippen LogP contribution in [-0.2, 0) is 0 Å². The highest BCUT2D eigenvalue weighted by atomic mass is 32.1. The van der Waals surface area contributed by atoms with Crippen molar-refractivity contribution in [2.24, 2.45) is 0 Å². The summed E-state index contributed by atoms with van der Waals surface area (Å²) in [4.78, 5) is 19.4. The number of piperidine rings is 1. The first kappa shape index (κ1) is 15.3. The number of hydrogen-bond acceptors (Lipinski definition) is 5. The molecule has 4 rings (SSSR count). The van der Waals surface area contributed by atoms with E-state index in [0.717, 1.165) is 31.4 Å². The Labute approximate surface area is 144 Å². The molecule has 0 bridgehead atoms. The Morgan fingerprint density at radius 2 is 2.00 bits per heavy atom. The van der Waals surface area contributed by atoms with Crippen molar-refractivity contribution in [2.45, 2.75) is 32.6 Å². The maximum absolute atomic E-state index is 12.7. The number of benzene rings is 1. The summed E-state index contributed by atoms with van der Waals surface area (Å²) in [5, 5.41) is 5.08. The minimum Gasteiger partial charge on any atom is -0.361 e. The van der Waals surface area contributed by atoms with Crippen molar-refractivity contribution in [3.05, 3.63) is 46.3 Å². The van der Waals surface area contributed by atoms with Crippen molar-refractivity contribution in [3.63, 3.8) is 0 Å². The molecule has 6 heteroatoms. The molecular weight excluding hydrogens is 322 g/mol. The van der Waals surface area contributed by atoms with Gasteiger partial charge in [-0.3, -0.25) is 4.79 Å². The molecule has 3 heterocycles. The summed E-state index contributed by atoms with van der Waals surface area (Å²) in [6, 6.07) is 8.25. The molecule has 124 valence electrons. The lowest BCUT2D eigenvalue weighted by Crippen LogP contribution is -2.38. The van der Waals surface area contributed by atoms with E-state index in [9.17, 15) is 4.79 Å². The first-order valence-electron chi connectivity index (χ1n) is 8.21. The molecular formula is C18H19N3O2S. The Hall–Kier alpha value is -2.21. The molecule has 0 unspecified atom stereocenters. The van der Waals surface area contributed by atoms with Crippen molar-refractivity contribution in [1.29, 1.82) is 0 Å². The van der Waals surface area contributed by atoms with Crippen LogP contribution in [0, 0.1) is 13.8 Å². The fourth-order valence-electron chi connectivity index (χ4n) is 3.34. The van der Waals surface area contributed by atoms with Gasteiger partial charge in [0.25, 0.3) is 5.91 Å². The smallest absolute Gasteiger partial charge is 0.259 e. The fourth-order valence-corrected chi connectivity index (χ4v) is 4.48. The van der Waals surface area contributed by atoms with Gasteiger partial charge in [0.1, 0.15) is 11.3 Å². The van der Waals surface area contributed by atoms with Crippen molar-refractivity contribution in [3.8, 4) is 0 Å². The Bertz CT molecular complexity index is 838. The van der Waals surface area contributed by atoms with Gasteiger partial charge in [-0.25, -0.2) is 4.98 Å². The maximum atomic E-state index is 12.7. The predicted molar refractivity (Wildman–Crippen MR) is 93.5 cm³/mol. The Kier molecular flexibility index (Phi) is 3.84. The fraction of sp³-hybridized carbons (Fsp3) is 0.389. The number of para-hydroxylation sites is 1. The zero-order valence-electron chi connectivity index (χ0n) is 13.8. The third-order valence-corrected chi connectivity index (χ3v) is 5.89. The van der Waals surface area contributed by atoms with E-state index in [2.05, 4.69) is 23.4 Å². The monoisotopic (exact) mass is 341 g/mol. The summed E-state index contributed by atoms with van der Waals surface area (Å²) >= 11 is 1.78. The highest BCUT2D eigenvalue weighted by Crippen LogP contribution is 2.34. The van der Waals surface area contributed by atoms with Gasteiger partial charge in [0.05, 0.1) is 20.9 Å². The normalized spacial score (nSPS) is 16.0. The van der Waals surface area contributed by atoms with E-state index in [0.29, 0.717) is 22.9 Å². The molecule has 3 aromatic rings. The molecule has 1 fully saturated rings. The Morgan fingerprint density at radius 3 is 2.67 bits per heavy atom. The lowest BCUT2D eigenvalue weighted by molar-refractivity contribution is 0.0710. The van der Waals surface area contributed by atoms with E-state index >= 15 is 0 Å². The second kappa shape index (κ2) is 6.02. The number of likely N-dealkylation sites (tertiary alicyclic amines) is 1. The first-order valence-corrected chi connectivity index (χ1v) is 9.02. The molecule has 2 aromatic heterocycles. The number of thiazole rings is 1. The molecule has 1 amide bonds. The van der Waals surface area contributed by atoms with Crippen LogP contribution in [0.5, 0.6) is 0 Å². The summed E-state index contributed by atoms with van der Waals surface area (Å²) in [6.07, 6.45) is 1.91. The van der Waals surface area contributed by atoms with Crippen LogP contribution in [0.4, 0.5) is 0 Å². The highest BCUT2D eigenvalue weighted by Gasteiger charge is 2.29. The van der Waals surface area contributed by atoms with Crippen LogP contribution < -0.4 is 0 Å². The zero-order chi connectivity index (χ0) is 16.7. The summed E-state index contributed by atoms with van der Waals surface area (Å²) in [7, 11) is 0. The molecule has 1 saturated heterocycles. The van der Waals surface area contributed by atoms with Gasteiger partial charge in [-0.05, 0) is 38.8 Å². The molecule has 0 radical (unpaired) electrons. The molecule has 0 saturated carbocycles. The van der Waals surface area contributed by atoms with Crippen molar-refractivity contribution < 1.29 is 9.32 Å². The molecule has 0 spiro atoms. The van der Waals surface area contributed by atoms with E-state index in [1.165, 1.54) is 9.71 Å². The second-order valence-corrected chi connectivity index (χ2v) is 7.35. The minimum atomic E-state index is 0.0361. The molecule has 1 aliphatic rings. The van der Waals surface area contributed by atoms with Crippen molar-refractivity contribution in [1.82, 2.24) is 15.0 Å². The maximum Gasteiger partial charge on any atom is 0.259 e. The van der Waals surface area contributed by atoms with Gasteiger partial charge < -0.3 is 9.42 Å². The van der Waals surface area contributed by atoms with Gasteiger partial charge in [0, 0.05) is 19.0 Å². The van der Waals surface area contributed by atoms with E-state index in [1.54, 1.807) is 18.3 Å². The Balaban J connectivity index is 1.47. The van der Waals surface area contributed by atoms with E-state index in [1.807, 2.05) is 17.9 Å². The van der Waals surface area contributed by atoms with Crippen molar-refractivity contribution >= 4 is 27.5 Å². The number of carbonyl (C=O) groups excluding carboxylic acids is 1. The molecule has 0 atom stereocenters. The van der Waals surface area contributed by atoms with Gasteiger partial charge in [-0.15, -0.1) is 11.3 Å². The van der Waals surface area contributed by atoms with E-state index < -0.39 is 0 Å². The number of fused-ring (bicyclic) bond motifs is 1. The van der Waals surface area contributed by atoms with Gasteiger partial charge in [-0.2, -0.15) is 0 Å². The van der Waals surface area contributed by atoms with Crippen LogP contribution in [0.25, 0.3) is 10.2 Å². The second-order valence-electron chi connectivity index (χ2n) is 6.29. The quantitative estimate of drug-likeness (QED) is 0.709. The molecule has 5 nitrogen and oxygen atoms in total. The van der Waals surface area contributed by atoms with E-state index in [4.69, 9.17) is 9.51 Å². The first-order chi connectivity index (χ1) is 11.6. The van der Waals surface area contributed by atoms with Crippen molar-refractivity contribution in [2.75, 3.05) is 13.1 Å². The van der Waals surface area contributed by atoms with Gasteiger partial charge >= 0.3 is 0 Å². The summed E-state index contributed by atoms with van der Waals surface area (Å²) in [5.74, 6) is 1.08. The highest BCUT2D eigenvalue weighted by molar-refractivity contribution is 7.18. The minimum absolute atomic E-state index is 0.0361. The number of amides is 1. The number of rotatable bonds is 2. The number of carbonyl (C=O) groups is 1. The average Bonchev–Trinajstić information content (AvgIpc) is 3.18. The van der Waals surface area contributed by atoms with Gasteiger partial charge in [0.2, 0.25) is 0 Å². The number of hydrogen-bond donors (Lipinski definition) is 0. The van der Waals surface area contributed by atoms with Crippen LogP contribution in [0.2, 0.25) is 0 Å². The summed E-state index contributed by atoms with van der Waals surface area (Å²) < 4.78 is 6.36. The number of aryl methyl sites for hydroxylation is 2. The van der Waals surface area contributed by atoms with Crippen LogP contribution in [0.15, 0.2) is 28.8 Å². The SMILES string of the molecule is Cc1noc(C)c1C(=O)N1CCC(c2nc3ccccc3s2)CC1.